The van der Waals surface area contributed by atoms with E-state index in [0.717, 1.165) is 47.2 Å². The number of aromatic nitrogens is 1. The number of rotatable bonds is 6. The SMILES string of the molecule is C=CC(=C)c1cn(C)c2cc(Cl)c(C(=O)N3CCN(C(C)c4ccc(F)cc4)CC3C)cc12.CCN(C)C. The number of fused-ring (bicyclic) bond motifs is 1. The second kappa shape index (κ2) is 12.7. The second-order valence-electron chi connectivity index (χ2n) is 10.2. The summed E-state index contributed by atoms with van der Waals surface area (Å²) >= 11 is 6.59. The Morgan fingerprint density at radius 1 is 1.21 bits per heavy atom. The number of carbonyl (C=O) groups is 1. The van der Waals surface area contributed by atoms with Crippen molar-refractivity contribution in [2.24, 2.45) is 7.05 Å². The Morgan fingerprint density at radius 3 is 2.39 bits per heavy atom. The van der Waals surface area contributed by atoms with E-state index in [1.165, 1.54) is 12.1 Å². The lowest BCUT2D eigenvalue weighted by Gasteiger charge is -2.42. The van der Waals surface area contributed by atoms with Gasteiger partial charge >= 0.3 is 0 Å². The minimum Gasteiger partial charge on any atom is -0.350 e. The molecule has 7 heteroatoms. The highest BCUT2D eigenvalue weighted by atomic mass is 35.5. The minimum absolute atomic E-state index is 0.0132. The third-order valence-corrected chi connectivity index (χ3v) is 7.67. The molecule has 0 saturated carbocycles. The fourth-order valence-corrected chi connectivity index (χ4v) is 4.92. The zero-order chi connectivity index (χ0) is 28.1. The van der Waals surface area contributed by atoms with Crippen molar-refractivity contribution < 1.29 is 9.18 Å². The first-order valence-corrected chi connectivity index (χ1v) is 13.4. The van der Waals surface area contributed by atoms with Crippen LogP contribution in [0.2, 0.25) is 5.02 Å². The van der Waals surface area contributed by atoms with Crippen LogP contribution < -0.4 is 0 Å². The molecule has 2 aromatic carbocycles. The number of nitrogens with zero attached hydrogens (tertiary/aromatic N) is 4. The molecule has 1 saturated heterocycles. The molecular weight excluding hydrogens is 499 g/mol. The van der Waals surface area contributed by atoms with Gasteiger partial charge in [0.05, 0.1) is 10.6 Å². The van der Waals surface area contributed by atoms with Gasteiger partial charge in [-0.3, -0.25) is 9.69 Å². The Labute approximate surface area is 231 Å². The van der Waals surface area contributed by atoms with Gasteiger partial charge in [0.25, 0.3) is 5.91 Å². The molecule has 3 aromatic rings. The first kappa shape index (κ1) is 29.6. The summed E-state index contributed by atoms with van der Waals surface area (Å²) in [5.74, 6) is -0.302. The third-order valence-electron chi connectivity index (χ3n) is 7.35. The van der Waals surface area contributed by atoms with Crippen molar-refractivity contribution >= 4 is 34.0 Å². The monoisotopic (exact) mass is 538 g/mol. The van der Waals surface area contributed by atoms with Crippen LogP contribution in [-0.2, 0) is 7.05 Å². The molecule has 0 bridgehead atoms. The maximum Gasteiger partial charge on any atom is 0.255 e. The molecule has 2 unspecified atom stereocenters. The molecule has 4 rings (SSSR count). The van der Waals surface area contributed by atoms with Crippen LogP contribution in [0.1, 0.15) is 48.3 Å². The van der Waals surface area contributed by atoms with E-state index < -0.39 is 0 Å². The zero-order valence-corrected chi connectivity index (χ0v) is 24.2. The van der Waals surface area contributed by atoms with Gasteiger partial charge in [-0.15, -0.1) is 0 Å². The van der Waals surface area contributed by atoms with E-state index in [9.17, 15) is 9.18 Å². The van der Waals surface area contributed by atoms with Crippen LogP contribution in [0.5, 0.6) is 0 Å². The highest BCUT2D eigenvalue weighted by Gasteiger charge is 2.31. The number of aryl methyl sites for hydroxylation is 1. The predicted octanol–water partition coefficient (Wildman–Crippen LogP) is 6.65. The van der Waals surface area contributed by atoms with E-state index in [2.05, 4.69) is 57.8 Å². The summed E-state index contributed by atoms with van der Waals surface area (Å²) < 4.78 is 15.3. The summed E-state index contributed by atoms with van der Waals surface area (Å²) in [5.41, 5.74) is 4.26. The van der Waals surface area contributed by atoms with Gasteiger partial charge in [0, 0.05) is 61.4 Å². The van der Waals surface area contributed by atoms with Crippen molar-refractivity contribution in [3.8, 4) is 0 Å². The maximum atomic E-state index is 13.5. The van der Waals surface area contributed by atoms with Crippen molar-refractivity contribution in [2.75, 3.05) is 40.3 Å². The van der Waals surface area contributed by atoms with Crippen LogP contribution in [0.4, 0.5) is 4.39 Å². The van der Waals surface area contributed by atoms with Crippen LogP contribution in [0.15, 0.2) is 61.8 Å². The number of benzene rings is 2. The van der Waals surface area contributed by atoms with Crippen LogP contribution in [0.3, 0.4) is 0 Å². The highest BCUT2D eigenvalue weighted by molar-refractivity contribution is 6.34. The molecule has 1 fully saturated rings. The van der Waals surface area contributed by atoms with Gasteiger partial charge in [-0.25, -0.2) is 4.39 Å². The van der Waals surface area contributed by atoms with Gasteiger partial charge < -0.3 is 14.4 Å². The van der Waals surface area contributed by atoms with E-state index in [0.29, 0.717) is 17.1 Å². The van der Waals surface area contributed by atoms with Gasteiger partial charge in [-0.05, 0) is 69.9 Å². The van der Waals surface area contributed by atoms with Crippen molar-refractivity contribution in [3.05, 3.63) is 89.4 Å². The quantitative estimate of drug-likeness (QED) is 0.329. The van der Waals surface area contributed by atoms with Crippen LogP contribution in [0.25, 0.3) is 16.5 Å². The molecule has 0 N–H and O–H groups in total. The van der Waals surface area contributed by atoms with Gasteiger partial charge in [0.1, 0.15) is 5.82 Å². The molecule has 0 aliphatic carbocycles. The lowest BCUT2D eigenvalue weighted by molar-refractivity contribution is 0.0406. The highest BCUT2D eigenvalue weighted by Crippen LogP contribution is 2.33. The molecule has 204 valence electrons. The second-order valence-corrected chi connectivity index (χ2v) is 10.6. The molecule has 5 nitrogen and oxygen atoms in total. The number of piperazine rings is 1. The van der Waals surface area contributed by atoms with E-state index >= 15 is 0 Å². The summed E-state index contributed by atoms with van der Waals surface area (Å²) in [6.45, 7) is 17.4. The summed E-state index contributed by atoms with van der Waals surface area (Å²) in [5, 5.41) is 1.38. The first-order chi connectivity index (χ1) is 18.0. The lowest BCUT2D eigenvalue weighted by atomic mass is 10.0. The summed E-state index contributed by atoms with van der Waals surface area (Å²) in [4.78, 5) is 19.9. The van der Waals surface area contributed by atoms with Crippen LogP contribution in [-0.4, -0.2) is 71.5 Å². The Kier molecular flexibility index (Phi) is 9.94. The predicted molar refractivity (Wildman–Crippen MR) is 158 cm³/mol. The molecule has 38 heavy (non-hydrogen) atoms. The number of allylic oxidation sites excluding steroid dienone is 2. The maximum absolute atomic E-state index is 13.5. The normalized spacial score (nSPS) is 16.8. The Hall–Kier alpha value is -2.93. The van der Waals surface area contributed by atoms with Crippen molar-refractivity contribution in [2.45, 2.75) is 32.9 Å². The third kappa shape index (κ3) is 6.55. The molecule has 0 spiro atoms. The fraction of sp³-hybridized carbons (Fsp3) is 0.387. The molecule has 2 heterocycles. The van der Waals surface area contributed by atoms with E-state index in [4.69, 9.17) is 11.6 Å². The van der Waals surface area contributed by atoms with E-state index in [1.807, 2.05) is 47.0 Å². The average Bonchev–Trinajstić information content (AvgIpc) is 3.22. The molecule has 1 amide bonds. The number of carbonyl (C=O) groups excluding carboxylic acids is 1. The summed E-state index contributed by atoms with van der Waals surface area (Å²) in [7, 11) is 6.06. The lowest BCUT2D eigenvalue weighted by Crippen LogP contribution is -2.54. The number of amides is 1. The standard InChI is InChI=1S/C27H29ClFN3O.C4H11N/c1-6-17(2)24-16-30(5)26-14-25(28)23(13-22(24)26)27(33)32-12-11-31(15-18(32)3)19(4)20-7-9-21(29)10-8-20;1-4-5(2)3/h6-10,13-14,16,18-19H,1-2,11-12,15H2,3-5H3;4H2,1-3H3. The average molecular weight is 539 g/mol. The molecule has 1 aromatic heterocycles. The number of halogens is 2. The van der Waals surface area contributed by atoms with Crippen LogP contribution in [0, 0.1) is 5.82 Å². The van der Waals surface area contributed by atoms with Gasteiger partial charge in [0.2, 0.25) is 0 Å². The smallest absolute Gasteiger partial charge is 0.255 e. The molecule has 1 aliphatic rings. The first-order valence-electron chi connectivity index (χ1n) is 13.0. The molecule has 0 radical (unpaired) electrons. The van der Waals surface area contributed by atoms with Crippen molar-refractivity contribution in [1.82, 2.24) is 19.3 Å². The van der Waals surface area contributed by atoms with Crippen molar-refractivity contribution in [3.63, 3.8) is 0 Å². The minimum atomic E-state index is -0.234. The number of hydrogen-bond acceptors (Lipinski definition) is 3. The Balaban J connectivity index is 0.000000732. The van der Waals surface area contributed by atoms with Crippen LogP contribution >= 0.6 is 11.6 Å². The molecule has 1 aliphatic heterocycles. The summed E-state index contributed by atoms with van der Waals surface area (Å²) in [6, 6.07) is 10.5. The Morgan fingerprint density at radius 2 is 1.84 bits per heavy atom. The fourth-order valence-electron chi connectivity index (χ4n) is 4.68. The van der Waals surface area contributed by atoms with E-state index in [1.54, 1.807) is 6.08 Å². The van der Waals surface area contributed by atoms with Gasteiger partial charge in [-0.2, -0.15) is 0 Å². The molecule has 2 atom stereocenters. The number of hydrogen-bond donors (Lipinski definition) is 0. The van der Waals surface area contributed by atoms with Gasteiger partial charge in [0.15, 0.2) is 0 Å². The van der Waals surface area contributed by atoms with Gasteiger partial charge in [-0.1, -0.05) is 49.9 Å². The van der Waals surface area contributed by atoms with Crippen molar-refractivity contribution in [1.29, 1.82) is 0 Å². The van der Waals surface area contributed by atoms with E-state index in [-0.39, 0.29) is 23.8 Å². The molecular formula is C31H40ClFN4O. The summed E-state index contributed by atoms with van der Waals surface area (Å²) in [6.07, 6.45) is 3.70. The topological polar surface area (TPSA) is 31.7 Å². The largest absolute Gasteiger partial charge is 0.350 e. The Bertz CT molecular complexity index is 1300. The zero-order valence-electron chi connectivity index (χ0n) is 23.5.